The molecule has 0 saturated heterocycles. The van der Waals surface area contributed by atoms with Gasteiger partial charge in [0.05, 0.1) is 7.11 Å². The molecule has 0 heterocycles. The molecule has 0 aliphatic carbocycles. The van der Waals surface area contributed by atoms with Crippen molar-refractivity contribution in [1.82, 2.24) is 0 Å². The van der Waals surface area contributed by atoms with Gasteiger partial charge >= 0.3 is 0 Å². The van der Waals surface area contributed by atoms with E-state index >= 15 is 0 Å². The molecule has 0 aromatic heterocycles. The van der Waals surface area contributed by atoms with Gasteiger partial charge in [-0.2, -0.15) is 0 Å². The Bertz CT molecular complexity index is 375. The SMILES string of the molecule is C=C(C)c1ccc(OC)cc1/C=C\C.CCC. The van der Waals surface area contributed by atoms with Crippen LogP contribution in [0.1, 0.15) is 45.2 Å². The lowest BCUT2D eigenvalue weighted by molar-refractivity contribution is 0.414. The standard InChI is InChI=1S/C13H16O.C3H8/c1-5-6-11-9-12(14-4)7-8-13(11)10(2)3;1-3-2/h5-9H,2H2,1,3-4H3;3H2,1-2H3/b6-5-;. The lowest BCUT2D eigenvalue weighted by Crippen LogP contribution is -1.88. The van der Waals surface area contributed by atoms with Gasteiger partial charge in [-0.25, -0.2) is 0 Å². The van der Waals surface area contributed by atoms with Gasteiger partial charge in [-0.15, -0.1) is 0 Å². The number of rotatable bonds is 3. The predicted molar refractivity (Wildman–Crippen MR) is 78.4 cm³/mol. The van der Waals surface area contributed by atoms with Crippen molar-refractivity contribution in [2.75, 3.05) is 7.11 Å². The Hall–Kier alpha value is -1.50. The Balaban J connectivity index is 0.000000770. The lowest BCUT2D eigenvalue weighted by Gasteiger charge is -2.07. The molecule has 0 saturated carbocycles. The summed E-state index contributed by atoms with van der Waals surface area (Å²) in [6, 6.07) is 6.01. The molecule has 0 bridgehead atoms. The highest BCUT2D eigenvalue weighted by molar-refractivity contribution is 5.72. The number of methoxy groups -OCH3 is 1. The van der Waals surface area contributed by atoms with E-state index in [0.717, 1.165) is 16.9 Å². The molecule has 0 unspecified atom stereocenters. The molecule has 0 fully saturated rings. The highest BCUT2D eigenvalue weighted by Gasteiger charge is 2.01. The molecule has 1 aromatic rings. The summed E-state index contributed by atoms with van der Waals surface area (Å²) >= 11 is 0. The van der Waals surface area contributed by atoms with E-state index in [0.29, 0.717) is 0 Å². The maximum atomic E-state index is 5.17. The molecule has 0 atom stereocenters. The first-order valence-electron chi connectivity index (χ1n) is 6.07. The van der Waals surface area contributed by atoms with E-state index in [1.165, 1.54) is 12.0 Å². The third kappa shape index (κ3) is 5.39. The van der Waals surface area contributed by atoms with E-state index in [2.05, 4.69) is 26.5 Å². The highest BCUT2D eigenvalue weighted by atomic mass is 16.5. The second-order valence-corrected chi connectivity index (χ2v) is 3.94. The zero-order chi connectivity index (χ0) is 13.3. The molecule has 1 rings (SSSR count). The molecule has 0 aliphatic heterocycles. The van der Waals surface area contributed by atoms with Gasteiger partial charge in [0.25, 0.3) is 0 Å². The van der Waals surface area contributed by atoms with Crippen molar-refractivity contribution in [2.45, 2.75) is 34.1 Å². The summed E-state index contributed by atoms with van der Waals surface area (Å²) in [4.78, 5) is 0. The van der Waals surface area contributed by atoms with Crippen molar-refractivity contribution >= 4 is 11.6 Å². The van der Waals surface area contributed by atoms with Crippen molar-refractivity contribution in [3.8, 4) is 5.75 Å². The minimum absolute atomic E-state index is 0.878. The molecule has 0 spiro atoms. The Morgan fingerprint density at radius 3 is 2.35 bits per heavy atom. The van der Waals surface area contributed by atoms with Gasteiger partial charge in [-0.3, -0.25) is 0 Å². The third-order valence-corrected chi connectivity index (χ3v) is 2.06. The molecule has 1 nitrogen and oxygen atoms in total. The molecular formula is C16H24O. The summed E-state index contributed by atoms with van der Waals surface area (Å²) in [5, 5.41) is 0. The van der Waals surface area contributed by atoms with Crippen LogP contribution in [0.15, 0.2) is 30.9 Å². The summed E-state index contributed by atoms with van der Waals surface area (Å²) in [6.45, 7) is 12.2. The first-order chi connectivity index (χ1) is 8.10. The van der Waals surface area contributed by atoms with E-state index < -0.39 is 0 Å². The molecule has 94 valence electrons. The smallest absolute Gasteiger partial charge is 0.119 e. The molecule has 0 amide bonds. The van der Waals surface area contributed by atoms with Crippen molar-refractivity contribution < 1.29 is 4.74 Å². The molecule has 17 heavy (non-hydrogen) atoms. The normalized spacial score (nSPS) is 9.71. The Morgan fingerprint density at radius 1 is 1.35 bits per heavy atom. The van der Waals surface area contributed by atoms with E-state index in [4.69, 9.17) is 4.74 Å². The van der Waals surface area contributed by atoms with Gasteiger partial charge in [0.2, 0.25) is 0 Å². The van der Waals surface area contributed by atoms with Gasteiger partial charge in [0.1, 0.15) is 5.75 Å². The molecule has 0 radical (unpaired) electrons. The topological polar surface area (TPSA) is 9.23 Å². The fourth-order valence-electron chi connectivity index (χ4n) is 1.37. The molecule has 1 heteroatoms. The predicted octanol–water partition coefficient (Wildman–Crippen LogP) is 5.18. The van der Waals surface area contributed by atoms with Gasteiger partial charge in [-0.1, -0.05) is 50.6 Å². The average Bonchev–Trinajstić information content (AvgIpc) is 2.30. The van der Waals surface area contributed by atoms with Crippen LogP contribution in [-0.2, 0) is 0 Å². The highest BCUT2D eigenvalue weighted by Crippen LogP contribution is 2.23. The Labute approximate surface area is 106 Å². The van der Waals surface area contributed by atoms with Crippen molar-refractivity contribution in [3.05, 3.63) is 42.0 Å². The zero-order valence-corrected chi connectivity index (χ0v) is 11.7. The summed E-state index contributed by atoms with van der Waals surface area (Å²) in [5.41, 5.74) is 3.39. The van der Waals surface area contributed by atoms with E-state index in [-0.39, 0.29) is 0 Å². The maximum absolute atomic E-state index is 5.17. The summed E-state index contributed by atoms with van der Waals surface area (Å²) in [6.07, 6.45) is 5.33. The second kappa shape index (κ2) is 8.63. The van der Waals surface area contributed by atoms with Crippen molar-refractivity contribution in [3.63, 3.8) is 0 Å². The van der Waals surface area contributed by atoms with Crippen LogP contribution in [0.2, 0.25) is 0 Å². The summed E-state index contributed by atoms with van der Waals surface area (Å²) in [5.74, 6) is 0.878. The fraction of sp³-hybridized carbons (Fsp3) is 0.375. The maximum Gasteiger partial charge on any atom is 0.119 e. The number of hydrogen-bond donors (Lipinski definition) is 0. The first-order valence-corrected chi connectivity index (χ1v) is 6.07. The van der Waals surface area contributed by atoms with Crippen molar-refractivity contribution in [2.24, 2.45) is 0 Å². The van der Waals surface area contributed by atoms with E-state index in [1.54, 1.807) is 7.11 Å². The average molecular weight is 232 g/mol. The van der Waals surface area contributed by atoms with Crippen LogP contribution < -0.4 is 4.74 Å². The zero-order valence-electron chi connectivity index (χ0n) is 11.7. The Kier molecular flexibility index (Phi) is 7.87. The van der Waals surface area contributed by atoms with Crippen LogP contribution in [0.25, 0.3) is 11.6 Å². The number of ether oxygens (including phenoxy) is 1. The van der Waals surface area contributed by atoms with Crippen molar-refractivity contribution in [1.29, 1.82) is 0 Å². The summed E-state index contributed by atoms with van der Waals surface area (Å²) < 4.78 is 5.17. The van der Waals surface area contributed by atoms with E-state index in [9.17, 15) is 0 Å². The van der Waals surface area contributed by atoms with Crippen LogP contribution >= 0.6 is 0 Å². The largest absolute Gasteiger partial charge is 0.497 e. The minimum atomic E-state index is 0.878. The summed E-state index contributed by atoms with van der Waals surface area (Å²) in [7, 11) is 1.68. The fourth-order valence-corrected chi connectivity index (χ4v) is 1.37. The third-order valence-electron chi connectivity index (χ3n) is 2.06. The first kappa shape index (κ1) is 15.5. The minimum Gasteiger partial charge on any atom is -0.497 e. The van der Waals surface area contributed by atoms with Crippen LogP contribution in [0.4, 0.5) is 0 Å². The van der Waals surface area contributed by atoms with Crippen LogP contribution in [-0.4, -0.2) is 7.11 Å². The van der Waals surface area contributed by atoms with Gasteiger partial charge in [0.15, 0.2) is 0 Å². The van der Waals surface area contributed by atoms with Gasteiger partial charge in [-0.05, 0) is 37.1 Å². The molecule has 0 N–H and O–H groups in total. The number of hydrogen-bond acceptors (Lipinski definition) is 1. The Morgan fingerprint density at radius 2 is 1.94 bits per heavy atom. The van der Waals surface area contributed by atoms with Gasteiger partial charge in [0, 0.05) is 0 Å². The van der Waals surface area contributed by atoms with Crippen LogP contribution in [0.5, 0.6) is 5.75 Å². The molecule has 0 aliphatic rings. The monoisotopic (exact) mass is 232 g/mol. The molecular weight excluding hydrogens is 208 g/mol. The molecule has 1 aromatic carbocycles. The number of allylic oxidation sites excluding steroid dienone is 2. The van der Waals surface area contributed by atoms with Crippen LogP contribution in [0, 0.1) is 0 Å². The lowest BCUT2D eigenvalue weighted by atomic mass is 10.0. The quantitative estimate of drug-likeness (QED) is 0.698. The number of benzene rings is 1. The van der Waals surface area contributed by atoms with E-state index in [1.807, 2.05) is 38.1 Å². The van der Waals surface area contributed by atoms with Crippen LogP contribution in [0.3, 0.4) is 0 Å². The second-order valence-electron chi connectivity index (χ2n) is 3.94. The van der Waals surface area contributed by atoms with Gasteiger partial charge < -0.3 is 4.74 Å².